The third-order valence-corrected chi connectivity index (χ3v) is 6.13. The van der Waals surface area contributed by atoms with Crippen molar-refractivity contribution in [2.24, 2.45) is 5.92 Å². The largest absolute Gasteiger partial charge is 0.381 e. The summed E-state index contributed by atoms with van der Waals surface area (Å²) in [7, 11) is 0. The van der Waals surface area contributed by atoms with Crippen LogP contribution >= 0.6 is 0 Å². The molecule has 2 heteroatoms. The van der Waals surface area contributed by atoms with Gasteiger partial charge in [-0.15, -0.1) is 0 Å². The third kappa shape index (κ3) is 5.79. The lowest BCUT2D eigenvalue weighted by atomic mass is 9.89. The molecule has 1 aliphatic carbocycles. The maximum atomic E-state index is 13.1. The van der Waals surface area contributed by atoms with E-state index in [1.54, 1.807) is 0 Å². The van der Waals surface area contributed by atoms with Gasteiger partial charge in [-0.2, -0.15) is 0 Å². The number of carbonyl (C=O) groups excluding carboxylic acids is 1. The molecule has 29 heavy (non-hydrogen) atoms. The summed E-state index contributed by atoms with van der Waals surface area (Å²) in [4.78, 5) is 13.1. The molecule has 2 aromatic carbocycles. The molecule has 0 fully saturated rings. The fraction of sp³-hybridized carbons (Fsp3) is 0.519. The minimum atomic E-state index is -0.0643. The highest BCUT2D eigenvalue weighted by Gasteiger charge is 2.32. The second-order valence-corrected chi connectivity index (χ2v) is 8.53. The second-order valence-electron chi connectivity index (χ2n) is 8.53. The van der Waals surface area contributed by atoms with Gasteiger partial charge in [0.2, 0.25) is 0 Å². The molecule has 0 aliphatic heterocycles. The number of ketones is 1. The first-order chi connectivity index (χ1) is 14.2. The average Bonchev–Trinajstić information content (AvgIpc) is 3.08. The Morgan fingerprint density at radius 1 is 0.862 bits per heavy atom. The van der Waals surface area contributed by atoms with Crippen molar-refractivity contribution in [1.29, 1.82) is 0 Å². The summed E-state index contributed by atoms with van der Waals surface area (Å²) in [6.07, 6.45) is 8.88. The van der Waals surface area contributed by atoms with Crippen LogP contribution in [0, 0.1) is 5.92 Å². The summed E-state index contributed by atoms with van der Waals surface area (Å²) < 4.78 is 5.59. The Kier molecular flexibility index (Phi) is 8.49. The van der Waals surface area contributed by atoms with Crippen molar-refractivity contribution in [2.45, 2.75) is 71.1 Å². The first-order valence-corrected chi connectivity index (χ1v) is 11.5. The maximum absolute atomic E-state index is 13.1. The van der Waals surface area contributed by atoms with E-state index in [1.165, 1.54) is 47.9 Å². The molecule has 0 radical (unpaired) electrons. The normalized spacial score (nSPS) is 13.9. The summed E-state index contributed by atoms with van der Waals surface area (Å²) in [5.74, 6) is 1.05. The molecule has 156 valence electrons. The van der Waals surface area contributed by atoms with Gasteiger partial charge >= 0.3 is 0 Å². The first kappa shape index (κ1) is 21.8. The van der Waals surface area contributed by atoms with Crippen molar-refractivity contribution in [2.75, 3.05) is 13.2 Å². The van der Waals surface area contributed by atoms with Crippen LogP contribution in [0.1, 0.15) is 82.3 Å². The van der Waals surface area contributed by atoms with E-state index < -0.39 is 0 Å². The van der Waals surface area contributed by atoms with Gasteiger partial charge in [-0.3, -0.25) is 4.79 Å². The lowest BCUT2D eigenvalue weighted by molar-refractivity contribution is -0.119. The van der Waals surface area contributed by atoms with Crippen LogP contribution in [-0.4, -0.2) is 19.0 Å². The number of Topliss-reactive ketones (excluding diaryl/α,β-unsaturated/α-hetero) is 1. The zero-order chi connectivity index (χ0) is 20.5. The number of fused-ring (bicyclic) bond motifs is 3. The fourth-order valence-corrected chi connectivity index (χ4v) is 4.47. The number of benzene rings is 2. The zero-order valence-electron chi connectivity index (χ0n) is 18.2. The highest BCUT2D eigenvalue weighted by atomic mass is 16.5. The molecule has 1 unspecified atom stereocenters. The van der Waals surface area contributed by atoms with Crippen molar-refractivity contribution >= 4 is 5.78 Å². The Bertz CT molecular complexity index is 734. The molecule has 0 heterocycles. The molecule has 3 rings (SSSR count). The van der Waals surface area contributed by atoms with Crippen LogP contribution in [0.25, 0.3) is 11.1 Å². The number of hydrogen-bond acceptors (Lipinski definition) is 2. The molecule has 0 saturated heterocycles. The Morgan fingerprint density at radius 3 is 2.14 bits per heavy atom. The Balaban J connectivity index is 1.40. The van der Waals surface area contributed by atoms with E-state index in [4.69, 9.17) is 4.74 Å². The van der Waals surface area contributed by atoms with Crippen LogP contribution in [0.2, 0.25) is 0 Å². The molecular weight excluding hydrogens is 356 g/mol. The van der Waals surface area contributed by atoms with Gasteiger partial charge in [0, 0.05) is 19.6 Å². The van der Waals surface area contributed by atoms with Crippen LogP contribution in [-0.2, 0) is 9.53 Å². The third-order valence-electron chi connectivity index (χ3n) is 6.13. The van der Waals surface area contributed by atoms with Gasteiger partial charge in [0.1, 0.15) is 5.78 Å². The molecule has 0 saturated carbocycles. The van der Waals surface area contributed by atoms with Crippen molar-refractivity contribution in [3.63, 3.8) is 0 Å². The number of ether oxygens (including phenoxy) is 1. The van der Waals surface area contributed by atoms with Gasteiger partial charge in [0.25, 0.3) is 0 Å². The predicted octanol–water partition coefficient (Wildman–Crippen LogP) is 7.16. The molecular formula is C27H36O2. The van der Waals surface area contributed by atoms with Crippen LogP contribution in [0.15, 0.2) is 48.5 Å². The highest BCUT2D eigenvalue weighted by Crippen LogP contribution is 2.45. The molecule has 1 aliphatic rings. The van der Waals surface area contributed by atoms with E-state index >= 15 is 0 Å². The van der Waals surface area contributed by atoms with E-state index in [0.29, 0.717) is 12.2 Å². The summed E-state index contributed by atoms with van der Waals surface area (Å²) >= 11 is 0. The van der Waals surface area contributed by atoms with Crippen LogP contribution in [0.5, 0.6) is 0 Å². The van der Waals surface area contributed by atoms with E-state index in [9.17, 15) is 4.79 Å². The average molecular weight is 393 g/mol. The van der Waals surface area contributed by atoms with Crippen LogP contribution < -0.4 is 0 Å². The fourth-order valence-electron chi connectivity index (χ4n) is 4.47. The minimum absolute atomic E-state index is 0.0643. The van der Waals surface area contributed by atoms with E-state index in [0.717, 1.165) is 38.4 Å². The molecule has 0 aromatic heterocycles. The topological polar surface area (TPSA) is 26.3 Å². The quantitative estimate of drug-likeness (QED) is 0.338. The van der Waals surface area contributed by atoms with Gasteiger partial charge in [0.15, 0.2) is 0 Å². The van der Waals surface area contributed by atoms with Crippen molar-refractivity contribution in [3.8, 4) is 11.1 Å². The molecule has 0 spiro atoms. The Morgan fingerprint density at radius 2 is 1.48 bits per heavy atom. The van der Waals surface area contributed by atoms with Crippen molar-refractivity contribution < 1.29 is 9.53 Å². The molecule has 2 nitrogen and oxygen atoms in total. The minimum Gasteiger partial charge on any atom is -0.381 e. The highest BCUT2D eigenvalue weighted by molar-refractivity contribution is 5.97. The smallest absolute Gasteiger partial charge is 0.144 e. The molecule has 1 atom stereocenters. The second kappa shape index (κ2) is 11.3. The number of hydrogen-bond donors (Lipinski definition) is 0. The SMILES string of the molecule is CCCOCCC(C)CCCCCCC(=O)C1c2ccccc2-c2ccccc21. The lowest BCUT2D eigenvalue weighted by Gasteiger charge is -2.13. The van der Waals surface area contributed by atoms with Gasteiger partial charge in [0.05, 0.1) is 5.92 Å². The van der Waals surface area contributed by atoms with Gasteiger partial charge in [-0.1, -0.05) is 88.1 Å². The number of unbranched alkanes of at least 4 members (excludes halogenated alkanes) is 3. The lowest BCUT2D eigenvalue weighted by Crippen LogP contribution is -2.11. The standard InChI is InChI=1S/C27H36O2/c1-3-19-29-20-18-21(2)12-6-4-5-7-17-26(28)27-24-15-10-8-13-22(24)23-14-9-11-16-25(23)27/h8-11,13-16,21,27H,3-7,12,17-20H2,1-2H3. The number of carbonyl (C=O) groups is 1. The maximum Gasteiger partial charge on any atom is 0.144 e. The zero-order valence-corrected chi connectivity index (χ0v) is 18.2. The van der Waals surface area contributed by atoms with Crippen LogP contribution in [0.4, 0.5) is 0 Å². The van der Waals surface area contributed by atoms with E-state index in [1.807, 2.05) is 0 Å². The summed E-state index contributed by atoms with van der Waals surface area (Å²) in [6, 6.07) is 16.8. The Labute approximate surface area is 176 Å². The molecule has 2 aromatic rings. The van der Waals surface area contributed by atoms with E-state index in [2.05, 4.69) is 62.4 Å². The van der Waals surface area contributed by atoms with Gasteiger partial charge in [-0.05, 0) is 47.4 Å². The first-order valence-electron chi connectivity index (χ1n) is 11.5. The molecule has 0 bridgehead atoms. The van der Waals surface area contributed by atoms with Crippen LogP contribution in [0.3, 0.4) is 0 Å². The van der Waals surface area contributed by atoms with Crippen molar-refractivity contribution in [1.82, 2.24) is 0 Å². The molecule has 0 N–H and O–H groups in total. The van der Waals surface area contributed by atoms with Gasteiger partial charge < -0.3 is 4.74 Å². The molecule has 0 amide bonds. The monoisotopic (exact) mass is 392 g/mol. The van der Waals surface area contributed by atoms with E-state index in [-0.39, 0.29) is 5.92 Å². The van der Waals surface area contributed by atoms with Crippen molar-refractivity contribution in [3.05, 3.63) is 59.7 Å². The summed E-state index contributed by atoms with van der Waals surface area (Å²) in [5, 5.41) is 0. The summed E-state index contributed by atoms with van der Waals surface area (Å²) in [6.45, 7) is 6.26. The Hall–Kier alpha value is -1.93. The number of rotatable bonds is 13. The predicted molar refractivity (Wildman–Crippen MR) is 121 cm³/mol. The summed E-state index contributed by atoms with van der Waals surface area (Å²) in [5.41, 5.74) is 4.85. The van der Waals surface area contributed by atoms with Gasteiger partial charge in [-0.25, -0.2) is 0 Å².